The fourth-order valence-electron chi connectivity index (χ4n) is 2.43. The number of nitrogens with one attached hydrogen (secondary N) is 1. The van der Waals surface area contributed by atoms with Gasteiger partial charge in [-0.2, -0.15) is 0 Å². The van der Waals surface area contributed by atoms with Gasteiger partial charge in [0.15, 0.2) is 0 Å². The zero-order valence-electron chi connectivity index (χ0n) is 10.2. The van der Waals surface area contributed by atoms with Crippen LogP contribution in [-0.4, -0.2) is 18.3 Å². The molecule has 0 bridgehead atoms. The number of aliphatic hydroxyl groups excluding tert-OH is 1. The van der Waals surface area contributed by atoms with Crippen LogP contribution in [0.15, 0.2) is 24.3 Å². The fraction of sp³-hybridized carbons (Fsp3) is 0.571. The summed E-state index contributed by atoms with van der Waals surface area (Å²) in [5.74, 6) is 0.556. The van der Waals surface area contributed by atoms with E-state index in [0.29, 0.717) is 5.92 Å². The van der Waals surface area contributed by atoms with Crippen molar-refractivity contribution in [1.82, 2.24) is 5.32 Å². The Kier molecular flexibility index (Phi) is 4.08. The molecule has 0 radical (unpaired) electrons. The van der Waals surface area contributed by atoms with Gasteiger partial charge in [0.2, 0.25) is 0 Å². The minimum Gasteiger partial charge on any atom is -0.394 e. The highest BCUT2D eigenvalue weighted by molar-refractivity contribution is 6.30. The second-order valence-electron chi connectivity index (χ2n) is 4.84. The first-order chi connectivity index (χ1) is 8.23. The van der Waals surface area contributed by atoms with Gasteiger partial charge in [-0.25, -0.2) is 0 Å². The van der Waals surface area contributed by atoms with E-state index in [2.05, 4.69) is 12.2 Å². The smallest absolute Gasteiger partial charge is 0.0697 e. The highest BCUT2D eigenvalue weighted by Gasteiger charge is 2.45. The van der Waals surface area contributed by atoms with Crippen LogP contribution in [0, 0.1) is 5.92 Å². The first-order valence-electron chi connectivity index (χ1n) is 6.35. The Balaban J connectivity index is 2.27. The lowest BCUT2D eigenvalue weighted by molar-refractivity contribution is 0.139. The van der Waals surface area contributed by atoms with Crippen LogP contribution in [0.25, 0.3) is 0 Å². The van der Waals surface area contributed by atoms with Crippen molar-refractivity contribution >= 4 is 11.6 Å². The van der Waals surface area contributed by atoms with Crippen molar-refractivity contribution < 1.29 is 5.11 Å². The molecule has 1 saturated carbocycles. The predicted molar refractivity (Wildman–Crippen MR) is 71.2 cm³/mol. The summed E-state index contributed by atoms with van der Waals surface area (Å²) >= 11 is 5.92. The van der Waals surface area contributed by atoms with E-state index < -0.39 is 0 Å². The summed E-state index contributed by atoms with van der Waals surface area (Å²) in [6.45, 7) is 3.23. The van der Waals surface area contributed by atoms with Crippen LogP contribution in [-0.2, 0) is 5.54 Å². The van der Waals surface area contributed by atoms with Crippen molar-refractivity contribution in [1.29, 1.82) is 0 Å². The van der Waals surface area contributed by atoms with Crippen molar-refractivity contribution in [3.05, 3.63) is 34.9 Å². The first-order valence-corrected chi connectivity index (χ1v) is 6.72. The van der Waals surface area contributed by atoms with E-state index in [-0.39, 0.29) is 12.1 Å². The lowest BCUT2D eigenvalue weighted by Crippen LogP contribution is -2.48. The van der Waals surface area contributed by atoms with E-state index in [1.54, 1.807) is 0 Å². The van der Waals surface area contributed by atoms with Gasteiger partial charge in [0.05, 0.1) is 12.1 Å². The van der Waals surface area contributed by atoms with Crippen LogP contribution in [0.4, 0.5) is 0 Å². The molecule has 2 rings (SSSR count). The van der Waals surface area contributed by atoms with Crippen LogP contribution < -0.4 is 5.32 Å². The Morgan fingerprint density at radius 3 is 2.47 bits per heavy atom. The second kappa shape index (κ2) is 5.38. The quantitative estimate of drug-likeness (QED) is 0.817. The third kappa shape index (κ3) is 2.65. The topological polar surface area (TPSA) is 32.3 Å². The number of aliphatic hydroxyl groups is 1. The average Bonchev–Trinajstić information content (AvgIpc) is 3.17. The molecule has 94 valence electrons. The zero-order chi connectivity index (χ0) is 12.3. The largest absolute Gasteiger partial charge is 0.394 e. The minimum absolute atomic E-state index is 0.152. The molecule has 1 fully saturated rings. The maximum atomic E-state index is 9.84. The highest BCUT2D eigenvalue weighted by Crippen LogP contribution is 2.45. The average molecular weight is 254 g/mol. The molecule has 1 aliphatic rings. The van der Waals surface area contributed by atoms with Gasteiger partial charge in [0.25, 0.3) is 0 Å². The predicted octanol–water partition coefficient (Wildman–Crippen LogP) is 2.94. The van der Waals surface area contributed by atoms with Gasteiger partial charge in [-0.15, -0.1) is 0 Å². The van der Waals surface area contributed by atoms with Gasteiger partial charge in [0.1, 0.15) is 0 Å². The zero-order valence-corrected chi connectivity index (χ0v) is 11.0. The Bertz CT molecular complexity index is 361. The van der Waals surface area contributed by atoms with Crippen LogP contribution in [0.3, 0.4) is 0 Å². The molecule has 2 N–H and O–H groups in total. The lowest BCUT2D eigenvalue weighted by atomic mass is 9.85. The van der Waals surface area contributed by atoms with Crippen LogP contribution in [0.2, 0.25) is 5.02 Å². The Morgan fingerprint density at radius 1 is 1.35 bits per heavy atom. The number of hydrogen-bond donors (Lipinski definition) is 2. The Labute approximate surface area is 108 Å². The van der Waals surface area contributed by atoms with Gasteiger partial charge in [0, 0.05) is 5.02 Å². The summed E-state index contributed by atoms with van der Waals surface area (Å²) < 4.78 is 0. The summed E-state index contributed by atoms with van der Waals surface area (Å²) in [6, 6.07) is 7.85. The van der Waals surface area contributed by atoms with Gasteiger partial charge < -0.3 is 10.4 Å². The van der Waals surface area contributed by atoms with E-state index in [1.165, 1.54) is 12.8 Å². The lowest BCUT2D eigenvalue weighted by Gasteiger charge is -2.34. The Hall–Kier alpha value is -0.570. The molecule has 0 heterocycles. The van der Waals surface area contributed by atoms with Crippen molar-refractivity contribution in [3.63, 3.8) is 0 Å². The molecule has 1 aromatic rings. The molecule has 1 atom stereocenters. The first kappa shape index (κ1) is 12.9. The van der Waals surface area contributed by atoms with E-state index in [4.69, 9.17) is 11.6 Å². The number of hydrogen-bond acceptors (Lipinski definition) is 2. The summed E-state index contributed by atoms with van der Waals surface area (Å²) in [6.07, 6.45) is 3.46. The van der Waals surface area contributed by atoms with E-state index in [9.17, 15) is 5.11 Å². The van der Waals surface area contributed by atoms with Gasteiger partial charge >= 0.3 is 0 Å². The van der Waals surface area contributed by atoms with Gasteiger partial charge in [-0.05, 0) is 49.4 Å². The number of halogens is 1. The molecule has 0 amide bonds. The van der Waals surface area contributed by atoms with E-state index in [0.717, 1.165) is 23.6 Å². The second-order valence-corrected chi connectivity index (χ2v) is 5.27. The molecule has 0 spiro atoms. The van der Waals surface area contributed by atoms with Crippen LogP contribution in [0.1, 0.15) is 31.7 Å². The van der Waals surface area contributed by atoms with Crippen molar-refractivity contribution in [2.75, 3.05) is 13.2 Å². The molecule has 1 unspecified atom stereocenters. The maximum Gasteiger partial charge on any atom is 0.0697 e. The summed E-state index contributed by atoms with van der Waals surface area (Å²) in [4.78, 5) is 0. The molecule has 0 saturated heterocycles. The highest BCUT2D eigenvalue weighted by atomic mass is 35.5. The van der Waals surface area contributed by atoms with Crippen LogP contribution in [0.5, 0.6) is 0 Å². The van der Waals surface area contributed by atoms with Gasteiger partial charge in [-0.1, -0.05) is 30.7 Å². The molecule has 1 aromatic carbocycles. The van der Waals surface area contributed by atoms with Crippen molar-refractivity contribution in [2.24, 2.45) is 5.92 Å². The molecule has 0 aliphatic heterocycles. The van der Waals surface area contributed by atoms with Crippen LogP contribution >= 0.6 is 11.6 Å². The minimum atomic E-state index is -0.263. The summed E-state index contributed by atoms with van der Waals surface area (Å²) in [5.41, 5.74) is 0.890. The molecule has 3 heteroatoms. The standard InChI is InChI=1S/C14H20ClNO/c1-2-9-16-14(10-17,11-3-4-11)12-5-7-13(15)8-6-12/h5-8,11,16-17H,2-4,9-10H2,1H3. The summed E-state index contributed by atoms with van der Waals surface area (Å²) in [5, 5.41) is 14.1. The van der Waals surface area contributed by atoms with E-state index in [1.807, 2.05) is 24.3 Å². The van der Waals surface area contributed by atoms with Crippen molar-refractivity contribution in [3.8, 4) is 0 Å². The third-order valence-electron chi connectivity index (χ3n) is 3.57. The normalized spacial score (nSPS) is 19.0. The Morgan fingerprint density at radius 2 is 2.00 bits per heavy atom. The molecule has 1 aliphatic carbocycles. The molecule has 0 aromatic heterocycles. The SMILES string of the molecule is CCCNC(CO)(c1ccc(Cl)cc1)C1CC1. The monoisotopic (exact) mass is 253 g/mol. The molecular weight excluding hydrogens is 234 g/mol. The number of rotatable bonds is 6. The molecular formula is C14H20ClNO. The van der Waals surface area contributed by atoms with Crippen molar-refractivity contribution in [2.45, 2.75) is 31.7 Å². The van der Waals surface area contributed by atoms with E-state index >= 15 is 0 Å². The molecule has 2 nitrogen and oxygen atoms in total. The van der Waals surface area contributed by atoms with Gasteiger partial charge in [-0.3, -0.25) is 0 Å². The third-order valence-corrected chi connectivity index (χ3v) is 3.83. The fourth-order valence-corrected chi connectivity index (χ4v) is 2.56. The maximum absolute atomic E-state index is 9.84. The number of benzene rings is 1. The molecule has 17 heavy (non-hydrogen) atoms. The summed E-state index contributed by atoms with van der Waals surface area (Å²) in [7, 11) is 0.